The Morgan fingerprint density at radius 1 is 1.33 bits per heavy atom. The van der Waals surface area contributed by atoms with Gasteiger partial charge in [-0.2, -0.15) is 0 Å². The molecule has 0 saturated carbocycles. The average Bonchev–Trinajstić information content (AvgIpc) is 3.26. The van der Waals surface area contributed by atoms with Crippen LogP contribution in [0.15, 0.2) is 23.7 Å². The van der Waals surface area contributed by atoms with Crippen molar-refractivity contribution in [3.05, 3.63) is 40.4 Å². The van der Waals surface area contributed by atoms with Crippen molar-refractivity contribution < 1.29 is 9.59 Å². The molecule has 124 valence electrons. The largest absolute Gasteiger partial charge is 0.371 e. The van der Waals surface area contributed by atoms with Crippen molar-refractivity contribution in [2.24, 2.45) is 5.73 Å². The third-order valence-electron chi connectivity index (χ3n) is 4.77. The van der Waals surface area contributed by atoms with Gasteiger partial charge in [-0.1, -0.05) is 0 Å². The summed E-state index contributed by atoms with van der Waals surface area (Å²) in [7, 11) is 0. The number of fused-ring (bicyclic) bond motifs is 1. The Labute approximate surface area is 143 Å². The number of carbonyl (C=O) groups is 2. The molecule has 1 atom stereocenters. The molecule has 2 aliphatic heterocycles. The van der Waals surface area contributed by atoms with E-state index in [1.807, 2.05) is 17.5 Å². The fraction of sp³-hybridized carbons (Fsp3) is 0.353. The molecule has 0 spiro atoms. The van der Waals surface area contributed by atoms with Crippen molar-refractivity contribution in [3.8, 4) is 0 Å². The Bertz CT molecular complexity index is 797. The van der Waals surface area contributed by atoms with Crippen molar-refractivity contribution in [3.63, 3.8) is 0 Å². The van der Waals surface area contributed by atoms with Crippen LogP contribution < -0.4 is 16.0 Å². The number of primary amides is 1. The predicted octanol–water partition coefficient (Wildman–Crippen LogP) is 2.32. The molecule has 1 fully saturated rings. The van der Waals surface area contributed by atoms with Gasteiger partial charge in [-0.3, -0.25) is 9.59 Å². The highest BCUT2D eigenvalue weighted by Crippen LogP contribution is 2.41. The minimum atomic E-state index is -0.432. The number of hydrogen-bond acceptors (Lipinski definition) is 5. The minimum Gasteiger partial charge on any atom is -0.371 e. The molecule has 4 rings (SSSR count). The zero-order valence-corrected chi connectivity index (χ0v) is 13.9. The Morgan fingerprint density at radius 2 is 2.12 bits per heavy atom. The lowest BCUT2D eigenvalue weighted by Gasteiger charge is -2.29. The van der Waals surface area contributed by atoms with E-state index in [1.165, 1.54) is 11.5 Å². The second-order valence-electron chi connectivity index (χ2n) is 6.28. The molecule has 24 heavy (non-hydrogen) atoms. The fourth-order valence-electron chi connectivity index (χ4n) is 3.60. The number of rotatable bonds is 3. The first-order valence-corrected chi connectivity index (χ1v) is 8.89. The molecular formula is C17H18N4O2S. The Hall–Kier alpha value is -2.41. The van der Waals surface area contributed by atoms with E-state index in [0.29, 0.717) is 12.0 Å². The van der Waals surface area contributed by atoms with E-state index < -0.39 is 5.91 Å². The molecule has 3 heterocycles. The van der Waals surface area contributed by atoms with Gasteiger partial charge in [0, 0.05) is 42.7 Å². The summed E-state index contributed by atoms with van der Waals surface area (Å²) in [5.74, 6) is -0.532. The van der Waals surface area contributed by atoms with E-state index in [1.54, 1.807) is 6.20 Å². The topological polar surface area (TPSA) is 88.3 Å². The van der Waals surface area contributed by atoms with Crippen LogP contribution in [0.25, 0.3) is 0 Å². The molecule has 0 bridgehead atoms. The van der Waals surface area contributed by atoms with E-state index in [2.05, 4.69) is 14.6 Å². The van der Waals surface area contributed by atoms with Crippen LogP contribution in [0.3, 0.4) is 0 Å². The van der Waals surface area contributed by atoms with Crippen LogP contribution in [0.1, 0.15) is 46.7 Å². The molecule has 2 aromatic rings. The van der Waals surface area contributed by atoms with Crippen molar-refractivity contribution in [2.75, 3.05) is 23.3 Å². The number of carbonyl (C=O) groups excluding carboxylic acids is 2. The third kappa shape index (κ3) is 2.54. The Balaban J connectivity index is 1.85. The van der Waals surface area contributed by atoms with E-state index in [0.717, 1.165) is 48.4 Å². The van der Waals surface area contributed by atoms with E-state index in [-0.39, 0.29) is 11.8 Å². The molecule has 0 aliphatic carbocycles. The zero-order chi connectivity index (χ0) is 16.7. The van der Waals surface area contributed by atoms with Crippen LogP contribution in [0.5, 0.6) is 0 Å². The second kappa shape index (κ2) is 5.90. The summed E-state index contributed by atoms with van der Waals surface area (Å²) in [4.78, 5) is 26.3. The first-order valence-electron chi connectivity index (χ1n) is 8.05. The van der Waals surface area contributed by atoms with Crippen LogP contribution in [-0.4, -0.2) is 29.3 Å². The summed E-state index contributed by atoms with van der Waals surface area (Å²) in [6, 6.07) is 3.76. The molecule has 1 aromatic heterocycles. The lowest BCUT2D eigenvalue weighted by atomic mass is 9.85. The number of anilines is 2. The van der Waals surface area contributed by atoms with Crippen molar-refractivity contribution in [1.29, 1.82) is 0 Å². The lowest BCUT2D eigenvalue weighted by Crippen LogP contribution is -2.27. The Morgan fingerprint density at radius 3 is 2.79 bits per heavy atom. The number of amides is 2. The summed E-state index contributed by atoms with van der Waals surface area (Å²) < 4.78 is 4.14. The van der Waals surface area contributed by atoms with Crippen molar-refractivity contribution >= 4 is 34.7 Å². The van der Waals surface area contributed by atoms with E-state index >= 15 is 0 Å². The van der Waals surface area contributed by atoms with Crippen LogP contribution in [-0.2, 0) is 4.79 Å². The first-order chi connectivity index (χ1) is 11.6. The number of hydrogen-bond donors (Lipinski definition) is 2. The predicted molar refractivity (Wildman–Crippen MR) is 93.6 cm³/mol. The quantitative estimate of drug-likeness (QED) is 0.896. The molecule has 1 unspecified atom stereocenters. The van der Waals surface area contributed by atoms with Crippen LogP contribution in [0.2, 0.25) is 0 Å². The minimum absolute atomic E-state index is 0.0158. The molecular weight excluding hydrogens is 324 g/mol. The standard InChI is InChI=1S/C17H18N4O2S/c18-17(23)13-5-12-11(10-8-19-24-9-10)6-16(22)20-14(12)7-15(13)21-3-1-2-4-21/h5,7-9,11H,1-4,6H2,(H2,18,23)(H,20,22). The van der Waals surface area contributed by atoms with Gasteiger partial charge < -0.3 is 16.0 Å². The monoisotopic (exact) mass is 342 g/mol. The van der Waals surface area contributed by atoms with E-state index in [4.69, 9.17) is 5.73 Å². The fourth-order valence-corrected chi connectivity index (χ4v) is 4.19. The highest BCUT2D eigenvalue weighted by molar-refractivity contribution is 7.03. The lowest BCUT2D eigenvalue weighted by molar-refractivity contribution is -0.116. The van der Waals surface area contributed by atoms with Crippen molar-refractivity contribution in [1.82, 2.24) is 4.37 Å². The van der Waals surface area contributed by atoms with Gasteiger partial charge in [-0.25, -0.2) is 4.37 Å². The maximum atomic E-state index is 12.1. The van der Waals surface area contributed by atoms with Gasteiger partial charge >= 0.3 is 0 Å². The van der Waals surface area contributed by atoms with Gasteiger partial charge in [0.2, 0.25) is 5.91 Å². The molecule has 6 nitrogen and oxygen atoms in total. The Kier molecular flexibility index (Phi) is 3.72. The van der Waals surface area contributed by atoms with Gasteiger partial charge in [0.05, 0.1) is 11.3 Å². The molecule has 3 N–H and O–H groups in total. The molecule has 1 saturated heterocycles. The molecule has 2 amide bonds. The SMILES string of the molecule is NC(=O)c1cc2c(cc1N1CCCC1)NC(=O)CC2c1cnsc1. The van der Waals surface area contributed by atoms with Crippen molar-refractivity contribution in [2.45, 2.75) is 25.2 Å². The van der Waals surface area contributed by atoms with Gasteiger partial charge in [-0.05, 0) is 47.6 Å². The molecule has 7 heteroatoms. The van der Waals surface area contributed by atoms with Crippen LogP contribution in [0, 0.1) is 0 Å². The molecule has 0 radical (unpaired) electrons. The van der Waals surface area contributed by atoms with Gasteiger partial charge in [0.15, 0.2) is 0 Å². The third-order valence-corrected chi connectivity index (χ3v) is 5.38. The average molecular weight is 342 g/mol. The van der Waals surface area contributed by atoms with Crippen LogP contribution in [0.4, 0.5) is 11.4 Å². The number of nitrogens with zero attached hydrogens (tertiary/aromatic N) is 2. The number of nitrogens with two attached hydrogens (primary N) is 1. The smallest absolute Gasteiger partial charge is 0.250 e. The highest BCUT2D eigenvalue weighted by atomic mass is 32.1. The summed E-state index contributed by atoms with van der Waals surface area (Å²) >= 11 is 1.36. The van der Waals surface area contributed by atoms with Gasteiger partial charge in [0.25, 0.3) is 5.91 Å². The normalized spacial score (nSPS) is 19.9. The number of aromatic nitrogens is 1. The molecule has 1 aromatic carbocycles. The number of benzene rings is 1. The maximum absolute atomic E-state index is 12.1. The maximum Gasteiger partial charge on any atom is 0.250 e. The van der Waals surface area contributed by atoms with Gasteiger partial charge in [-0.15, -0.1) is 0 Å². The highest BCUT2D eigenvalue weighted by Gasteiger charge is 2.30. The molecule has 2 aliphatic rings. The van der Waals surface area contributed by atoms with Crippen LogP contribution >= 0.6 is 11.5 Å². The first kappa shape index (κ1) is 15.1. The van der Waals surface area contributed by atoms with E-state index in [9.17, 15) is 9.59 Å². The number of nitrogens with one attached hydrogen (secondary N) is 1. The zero-order valence-electron chi connectivity index (χ0n) is 13.1. The summed E-state index contributed by atoms with van der Waals surface area (Å²) in [6.07, 6.45) is 4.35. The summed E-state index contributed by atoms with van der Waals surface area (Å²) in [5.41, 5.74) is 9.70. The second-order valence-corrected chi connectivity index (χ2v) is 6.94. The van der Waals surface area contributed by atoms with Gasteiger partial charge in [0.1, 0.15) is 0 Å². The summed E-state index contributed by atoms with van der Waals surface area (Å²) in [6.45, 7) is 1.82. The summed E-state index contributed by atoms with van der Waals surface area (Å²) in [5, 5.41) is 4.90.